The van der Waals surface area contributed by atoms with Crippen LogP contribution in [-0.2, 0) is 4.79 Å². The van der Waals surface area contributed by atoms with Crippen LogP contribution in [0.2, 0.25) is 0 Å². The molecule has 0 heterocycles. The molecular formula is C8H19N3O3. The lowest BCUT2D eigenvalue weighted by Gasteiger charge is -2.16. The zero-order valence-electron chi connectivity index (χ0n) is 8.49. The number of nitrogens with one attached hydrogen (secondary N) is 2. The minimum Gasteiger partial charge on any atom is -0.395 e. The lowest BCUT2D eigenvalue weighted by atomic mass is 10.5. The van der Waals surface area contributed by atoms with Crippen molar-refractivity contribution in [2.45, 2.75) is 0 Å². The van der Waals surface area contributed by atoms with Crippen LogP contribution < -0.4 is 10.6 Å². The predicted molar refractivity (Wildman–Crippen MR) is 52.7 cm³/mol. The van der Waals surface area contributed by atoms with Gasteiger partial charge >= 0.3 is 0 Å². The maximum Gasteiger partial charge on any atom is 0.234 e. The van der Waals surface area contributed by atoms with E-state index in [1.807, 2.05) is 0 Å². The Morgan fingerprint density at radius 1 is 1.29 bits per heavy atom. The zero-order valence-corrected chi connectivity index (χ0v) is 8.49. The molecule has 0 aliphatic heterocycles. The van der Waals surface area contributed by atoms with Crippen molar-refractivity contribution in [2.24, 2.45) is 0 Å². The molecule has 0 spiro atoms. The molecule has 4 N–H and O–H groups in total. The minimum absolute atomic E-state index is 0.0434. The van der Waals surface area contributed by atoms with Gasteiger partial charge in [-0.05, 0) is 7.05 Å². The second kappa shape index (κ2) is 8.89. The number of hydrogen-bond acceptors (Lipinski definition) is 5. The number of aliphatic hydroxyl groups is 2. The molecule has 0 aromatic rings. The van der Waals surface area contributed by atoms with Crippen molar-refractivity contribution in [3.05, 3.63) is 0 Å². The summed E-state index contributed by atoms with van der Waals surface area (Å²) in [6, 6.07) is 0. The number of carbonyl (C=O) groups excluding carboxylic acids is 1. The van der Waals surface area contributed by atoms with Gasteiger partial charge in [0.15, 0.2) is 0 Å². The summed E-state index contributed by atoms with van der Waals surface area (Å²) in [6.07, 6.45) is 0. The highest BCUT2D eigenvalue weighted by Gasteiger charge is 2.04. The lowest BCUT2D eigenvalue weighted by molar-refractivity contribution is -0.122. The molecule has 6 nitrogen and oxygen atoms in total. The van der Waals surface area contributed by atoms with Crippen LogP contribution in [0.1, 0.15) is 0 Å². The summed E-state index contributed by atoms with van der Waals surface area (Å²) < 4.78 is 0. The van der Waals surface area contributed by atoms with E-state index in [-0.39, 0.29) is 32.2 Å². The number of nitrogens with zero attached hydrogens (tertiary/aromatic N) is 1. The molecule has 0 rings (SSSR count). The third-order valence-corrected chi connectivity index (χ3v) is 1.52. The highest BCUT2D eigenvalue weighted by molar-refractivity contribution is 5.77. The molecule has 6 heteroatoms. The van der Waals surface area contributed by atoms with Gasteiger partial charge in [-0.1, -0.05) is 0 Å². The van der Waals surface area contributed by atoms with Crippen molar-refractivity contribution in [2.75, 3.05) is 46.6 Å². The Labute approximate surface area is 83.9 Å². The van der Waals surface area contributed by atoms with Crippen molar-refractivity contribution in [1.29, 1.82) is 0 Å². The number of rotatable bonds is 8. The van der Waals surface area contributed by atoms with Gasteiger partial charge in [-0.3, -0.25) is 9.69 Å². The van der Waals surface area contributed by atoms with Crippen LogP contribution in [0, 0.1) is 0 Å². The maximum atomic E-state index is 11.1. The van der Waals surface area contributed by atoms with Gasteiger partial charge in [0.1, 0.15) is 0 Å². The fourth-order valence-corrected chi connectivity index (χ4v) is 0.901. The van der Waals surface area contributed by atoms with E-state index in [4.69, 9.17) is 10.2 Å². The lowest BCUT2D eigenvalue weighted by Crippen LogP contribution is -2.40. The monoisotopic (exact) mass is 205 g/mol. The molecule has 0 unspecified atom stereocenters. The van der Waals surface area contributed by atoms with Crippen molar-refractivity contribution in [1.82, 2.24) is 15.5 Å². The molecule has 14 heavy (non-hydrogen) atoms. The van der Waals surface area contributed by atoms with Gasteiger partial charge in [-0.25, -0.2) is 0 Å². The molecule has 0 aromatic carbocycles. The topological polar surface area (TPSA) is 84.8 Å². The summed E-state index contributed by atoms with van der Waals surface area (Å²) in [5.74, 6) is -0.118. The quantitative estimate of drug-likeness (QED) is 0.261. The Morgan fingerprint density at radius 2 is 1.93 bits per heavy atom. The van der Waals surface area contributed by atoms with Crippen LogP contribution in [0.3, 0.4) is 0 Å². The van der Waals surface area contributed by atoms with Gasteiger partial charge in [-0.2, -0.15) is 0 Å². The van der Waals surface area contributed by atoms with E-state index in [0.717, 1.165) is 0 Å². The molecule has 0 aliphatic carbocycles. The average molecular weight is 205 g/mol. The predicted octanol–water partition coefficient (Wildman–Crippen LogP) is -2.43. The standard InChI is InChI=1S/C8H19N3O3/c1-11(7-9-2-4-12)6-8(14)10-3-5-13/h9,12-13H,2-7H2,1H3,(H,10,14). The van der Waals surface area contributed by atoms with Crippen molar-refractivity contribution >= 4 is 5.91 Å². The second-order valence-electron chi connectivity index (χ2n) is 2.97. The normalized spacial score (nSPS) is 10.6. The van der Waals surface area contributed by atoms with Crippen molar-refractivity contribution in [3.8, 4) is 0 Å². The number of hydrogen-bond donors (Lipinski definition) is 4. The molecule has 0 radical (unpaired) electrons. The zero-order chi connectivity index (χ0) is 10.8. The summed E-state index contributed by atoms with van der Waals surface area (Å²) in [5, 5.41) is 22.4. The molecule has 0 saturated carbocycles. The van der Waals surface area contributed by atoms with Gasteiger partial charge in [-0.15, -0.1) is 0 Å². The fraction of sp³-hybridized carbons (Fsp3) is 0.875. The van der Waals surface area contributed by atoms with Gasteiger partial charge in [0.2, 0.25) is 5.91 Å². The van der Waals surface area contributed by atoms with Gasteiger partial charge in [0.05, 0.1) is 19.8 Å². The Balaban J connectivity index is 3.40. The third kappa shape index (κ3) is 7.93. The maximum absolute atomic E-state index is 11.1. The van der Waals surface area contributed by atoms with Crippen LogP contribution in [0.15, 0.2) is 0 Å². The molecule has 0 bridgehead atoms. The summed E-state index contributed by atoms with van der Waals surface area (Å²) in [7, 11) is 1.79. The molecule has 0 saturated heterocycles. The van der Waals surface area contributed by atoms with Crippen LogP contribution in [0.25, 0.3) is 0 Å². The van der Waals surface area contributed by atoms with E-state index in [1.54, 1.807) is 11.9 Å². The fourth-order valence-electron chi connectivity index (χ4n) is 0.901. The Hall–Kier alpha value is -0.690. The van der Waals surface area contributed by atoms with Crippen molar-refractivity contribution < 1.29 is 15.0 Å². The SMILES string of the molecule is CN(CNCCO)CC(=O)NCCO. The van der Waals surface area contributed by atoms with E-state index in [2.05, 4.69) is 10.6 Å². The molecule has 0 aromatic heterocycles. The summed E-state index contributed by atoms with van der Waals surface area (Å²) in [5.41, 5.74) is 0. The second-order valence-corrected chi connectivity index (χ2v) is 2.97. The number of aliphatic hydroxyl groups excluding tert-OH is 2. The van der Waals surface area contributed by atoms with E-state index >= 15 is 0 Å². The summed E-state index contributed by atoms with van der Waals surface area (Å²) in [6.45, 7) is 1.67. The molecule has 84 valence electrons. The largest absolute Gasteiger partial charge is 0.395 e. The van der Waals surface area contributed by atoms with Gasteiger partial charge in [0, 0.05) is 19.8 Å². The first-order chi connectivity index (χ1) is 6.70. The van der Waals surface area contributed by atoms with E-state index in [1.165, 1.54) is 0 Å². The summed E-state index contributed by atoms with van der Waals surface area (Å²) >= 11 is 0. The highest BCUT2D eigenvalue weighted by Crippen LogP contribution is 1.78. The Kier molecular flexibility index (Phi) is 8.45. The Morgan fingerprint density at radius 3 is 2.50 bits per heavy atom. The van der Waals surface area contributed by atoms with Crippen LogP contribution >= 0.6 is 0 Å². The molecule has 0 aliphatic rings. The summed E-state index contributed by atoms with van der Waals surface area (Å²) in [4.78, 5) is 12.9. The number of amides is 1. The van der Waals surface area contributed by atoms with E-state index < -0.39 is 0 Å². The van der Waals surface area contributed by atoms with Crippen LogP contribution in [0.4, 0.5) is 0 Å². The third-order valence-electron chi connectivity index (χ3n) is 1.52. The smallest absolute Gasteiger partial charge is 0.234 e. The van der Waals surface area contributed by atoms with E-state index in [9.17, 15) is 4.79 Å². The van der Waals surface area contributed by atoms with E-state index in [0.29, 0.717) is 13.2 Å². The highest BCUT2D eigenvalue weighted by atomic mass is 16.3. The average Bonchev–Trinajstić information content (AvgIpc) is 2.15. The number of likely N-dealkylation sites (N-methyl/N-ethyl adjacent to an activating group) is 1. The first kappa shape index (κ1) is 13.3. The molecular weight excluding hydrogens is 186 g/mol. The minimum atomic E-state index is -0.118. The molecule has 1 amide bonds. The number of carbonyl (C=O) groups is 1. The first-order valence-corrected chi connectivity index (χ1v) is 4.58. The van der Waals surface area contributed by atoms with Crippen molar-refractivity contribution in [3.63, 3.8) is 0 Å². The molecule has 0 atom stereocenters. The van der Waals surface area contributed by atoms with Gasteiger partial charge < -0.3 is 20.8 Å². The molecule has 0 fully saturated rings. The first-order valence-electron chi connectivity index (χ1n) is 4.58. The van der Waals surface area contributed by atoms with Crippen LogP contribution in [-0.4, -0.2) is 67.6 Å². The Bertz CT molecular complexity index is 155. The van der Waals surface area contributed by atoms with Crippen LogP contribution in [0.5, 0.6) is 0 Å². The van der Waals surface area contributed by atoms with Gasteiger partial charge in [0.25, 0.3) is 0 Å².